The molecule has 0 aliphatic heterocycles. The first-order chi connectivity index (χ1) is 27.3. The van der Waals surface area contributed by atoms with E-state index in [0.717, 1.165) is 44.5 Å². The predicted molar refractivity (Wildman–Crippen MR) is 231 cm³/mol. The molecule has 55 heavy (non-hydrogen) atoms. The quantitative estimate of drug-likeness (QED) is 0.172. The zero-order valence-corrected chi connectivity index (χ0v) is 29.9. The highest BCUT2D eigenvalue weighted by Crippen LogP contribution is 2.43. The Morgan fingerprint density at radius 3 is 1.62 bits per heavy atom. The standard InChI is InChI=1S/C52H34N2O/c1-3-11-35(12-4-1)36-19-21-37(22-20-36)38-23-26-41(27-24-38)53(43-28-30-45-44-16-8-10-18-50(44)55-51(45)34-43)42-29-31-46-49(33-42)54-47-17-9-7-13-39(47)25-32-48(54)52(46)40-14-5-2-6-15-40/h1-34H. The highest BCUT2D eigenvalue weighted by Gasteiger charge is 2.20. The van der Waals surface area contributed by atoms with E-state index in [1.165, 1.54) is 55.2 Å². The second-order valence-electron chi connectivity index (χ2n) is 14.2. The van der Waals surface area contributed by atoms with Crippen molar-refractivity contribution in [1.29, 1.82) is 0 Å². The van der Waals surface area contributed by atoms with Gasteiger partial charge in [-0.25, -0.2) is 0 Å². The third kappa shape index (κ3) is 5.20. The fourth-order valence-electron chi connectivity index (χ4n) is 8.35. The molecule has 0 N–H and O–H groups in total. The zero-order chi connectivity index (χ0) is 36.3. The molecule has 0 spiro atoms. The van der Waals surface area contributed by atoms with Gasteiger partial charge in [-0.2, -0.15) is 0 Å². The van der Waals surface area contributed by atoms with Gasteiger partial charge in [0.1, 0.15) is 11.2 Å². The van der Waals surface area contributed by atoms with Gasteiger partial charge in [-0.05, 0) is 87.8 Å². The van der Waals surface area contributed by atoms with E-state index in [-0.39, 0.29) is 0 Å². The van der Waals surface area contributed by atoms with Crippen LogP contribution in [0.15, 0.2) is 211 Å². The minimum Gasteiger partial charge on any atom is -0.456 e. The lowest BCUT2D eigenvalue weighted by Crippen LogP contribution is -2.10. The van der Waals surface area contributed by atoms with E-state index < -0.39 is 0 Å². The molecule has 0 radical (unpaired) electrons. The topological polar surface area (TPSA) is 20.8 Å². The van der Waals surface area contributed by atoms with Crippen molar-refractivity contribution in [1.82, 2.24) is 4.40 Å². The molecule has 0 unspecified atom stereocenters. The van der Waals surface area contributed by atoms with E-state index >= 15 is 0 Å². The number of anilines is 3. The second kappa shape index (κ2) is 12.6. The zero-order valence-electron chi connectivity index (χ0n) is 29.9. The molecule has 3 heteroatoms. The minimum atomic E-state index is 0.866. The Balaban J connectivity index is 1.09. The summed E-state index contributed by atoms with van der Waals surface area (Å²) in [7, 11) is 0. The maximum atomic E-state index is 6.43. The Morgan fingerprint density at radius 1 is 0.327 bits per heavy atom. The first-order valence-corrected chi connectivity index (χ1v) is 18.8. The Hall–Kier alpha value is -7.36. The number of rotatable bonds is 6. The van der Waals surface area contributed by atoms with Crippen molar-refractivity contribution in [3.8, 4) is 33.4 Å². The highest BCUT2D eigenvalue weighted by molar-refractivity contribution is 6.10. The van der Waals surface area contributed by atoms with Gasteiger partial charge in [-0.3, -0.25) is 0 Å². The van der Waals surface area contributed by atoms with E-state index in [9.17, 15) is 0 Å². The summed E-state index contributed by atoms with van der Waals surface area (Å²) in [6.07, 6.45) is 0. The van der Waals surface area contributed by atoms with Gasteiger partial charge in [-0.15, -0.1) is 0 Å². The lowest BCUT2D eigenvalue weighted by molar-refractivity contribution is 0.669. The minimum absolute atomic E-state index is 0.866. The number of benzene rings is 8. The van der Waals surface area contributed by atoms with Crippen LogP contribution in [0.3, 0.4) is 0 Å². The highest BCUT2D eigenvalue weighted by atomic mass is 16.3. The predicted octanol–water partition coefficient (Wildman–Crippen LogP) is 14.6. The largest absolute Gasteiger partial charge is 0.456 e. The molecule has 8 aromatic carbocycles. The van der Waals surface area contributed by atoms with Crippen molar-refractivity contribution in [3.63, 3.8) is 0 Å². The second-order valence-corrected chi connectivity index (χ2v) is 14.2. The summed E-state index contributed by atoms with van der Waals surface area (Å²) in [4.78, 5) is 2.35. The average Bonchev–Trinajstić information content (AvgIpc) is 3.80. The number of fused-ring (bicyclic) bond motifs is 8. The maximum absolute atomic E-state index is 6.43. The van der Waals surface area contributed by atoms with Gasteiger partial charge in [0.05, 0.1) is 16.6 Å². The van der Waals surface area contributed by atoms with Crippen molar-refractivity contribution < 1.29 is 4.42 Å². The van der Waals surface area contributed by atoms with Crippen LogP contribution >= 0.6 is 0 Å². The lowest BCUT2D eigenvalue weighted by Gasteiger charge is -2.26. The summed E-state index contributed by atoms with van der Waals surface area (Å²) < 4.78 is 8.86. The molecule has 3 aromatic heterocycles. The van der Waals surface area contributed by atoms with E-state index in [4.69, 9.17) is 4.42 Å². The molecule has 0 fully saturated rings. The number of nitrogens with zero attached hydrogens (tertiary/aromatic N) is 2. The SMILES string of the molecule is c1ccc(-c2ccc(-c3ccc(N(c4ccc5c(c4)oc4ccccc45)c4ccc5c(-c6ccccc6)c6ccc7ccccc7n6c5c4)cc3)cc2)cc1. The van der Waals surface area contributed by atoms with Gasteiger partial charge in [0, 0.05) is 44.9 Å². The van der Waals surface area contributed by atoms with Crippen LogP contribution in [0.5, 0.6) is 0 Å². The molecule has 0 saturated heterocycles. The van der Waals surface area contributed by atoms with Crippen LogP contribution in [-0.2, 0) is 0 Å². The average molecular weight is 703 g/mol. The number of para-hydroxylation sites is 2. The molecule has 0 atom stereocenters. The molecule has 258 valence electrons. The fraction of sp³-hybridized carbons (Fsp3) is 0. The Labute approximate surface area is 318 Å². The molecular formula is C52H34N2O. The van der Waals surface area contributed by atoms with Gasteiger partial charge in [0.2, 0.25) is 0 Å². The van der Waals surface area contributed by atoms with Gasteiger partial charge < -0.3 is 13.7 Å². The number of hydrogen-bond acceptors (Lipinski definition) is 2. The Kier molecular flexibility index (Phi) is 7.17. The molecule has 0 bridgehead atoms. The Bertz CT molecular complexity index is 3180. The number of furan rings is 1. The number of hydrogen-bond donors (Lipinski definition) is 0. The molecule has 0 saturated carbocycles. The molecule has 3 nitrogen and oxygen atoms in total. The van der Waals surface area contributed by atoms with Gasteiger partial charge in [0.15, 0.2) is 0 Å². The van der Waals surface area contributed by atoms with E-state index in [0.29, 0.717) is 0 Å². The van der Waals surface area contributed by atoms with Crippen molar-refractivity contribution in [2.45, 2.75) is 0 Å². The van der Waals surface area contributed by atoms with Crippen molar-refractivity contribution in [2.75, 3.05) is 4.90 Å². The van der Waals surface area contributed by atoms with Gasteiger partial charge in [-0.1, -0.05) is 146 Å². The lowest BCUT2D eigenvalue weighted by atomic mass is 10.00. The monoisotopic (exact) mass is 702 g/mol. The van der Waals surface area contributed by atoms with E-state index in [1.54, 1.807) is 0 Å². The molecule has 11 rings (SSSR count). The Morgan fingerprint density at radius 2 is 0.873 bits per heavy atom. The van der Waals surface area contributed by atoms with E-state index in [2.05, 4.69) is 203 Å². The smallest absolute Gasteiger partial charge is 0.137 e. The van der Waals surface area contributed by atoms with Crippen LogP contribution in [0.2, 0.25) is 0 Å². The summed E-state index contributed by atoms with van der Waals surface area (Å²) in [6, 6.07) is 74.0. The first kappa shape index (κ1) is 31.2. The fourth-order valence-corrected chi connectivity index (χ4v) is 8.35. The molecular weight excluding hydrogens is 669 g/mol. The number of pyridine rings is 1. The van der Waals surface area contributed by atoms with Gasteiger partial charge in [0.25, 0.3) is 0 Å². The summed E-state index contributed by atoms with van der Waals surface area (Å²) in [5.41, 5.74) is 15.7. The van der Waals surface area contributed by atoms with Crippen LogP contribution in [-0.4, -0.2) is 4.40 Å². The van der Waals surface area contributed by atoms with Crippen LogP contribution in [0.4, 0.5) is 17.1 Å². The summed E-state index contributed by atoms with van der Waals surface area (Å²) in [6.45, 7) is 0. The summed E-state index contributed by atoms with van der Waals surface area (Å²) >= 11 is 0. The van der Waals surface area contributed by atoms with E-state index in [1.807, 2.05) is 12.1 Å². The normalized spacial score (nSPS) is 11.6. The molecule has 11 aromatic rings. The summed E-state index contributed by atoms with van der Waals surface area (Å²) in [5, 5.41) is 4.66. The van der Waals surface area contributed by atoms with Crippen LogP contribution < -0.4 is 4.90 Å². The maximum Gasteiger partial charge on any atom is 0.137 e. The molecule has 3 heterocycles. The van der Waals surface area contributed by atoms with Crippen LogP contribution in [0.25, 0.3) is 82.6 Å². The van der Waals surface area contributed by atoms with Crippen LogP contribution in [0, 0.1) is 0 Å². The summed E-state index contributed by atoms with van der Waals surface area (Å²) in [5.74, 6) is 0. The van der Waals surface area contributed by atoms with Crippen LogP contribution in [0.1, 0.15) is 0 Å². The van der Waals surface area contributed by atoms with Crippen molar-refractivity contribution in [2.24, 2.45) is 0 Å². The van der Waals surface area contributed by atoms with Crippen molar-refractivity contribution >= 4 is 66.3 Å². The van der Waals surface area contributed by atoms with Gasteiger partial charge >= 0.3 is 0 Å². The number of aromatic nitrogens is 1. The first-order valence-electron chi connectivity index (χ1n) is 18.8. The van der Waals surface area contributed by atoms with Crippen molar-refractivity contribution in [3.05, 3.63) is 206 Å². The molecule has 0 amide bonds. The third-order valence-corrected chi connectivity index (χ3v) is 11.0. The molecule has 0 aliphatic rings. The third-order valence-electron chi connectivity index (χ3n) is 11.0. The molecule has 0 aliphatic carbocycles.